The smallest absolute Gasteiger partial charge is 0.318 e. The number of nitrogens with zero attached hydrogens (tertiary/aromatic N) is 3. The number of urea groups is 1. The molecule has 0 aliphatic carbocycles. The van der Waals surface area contributed by atoms with E-state index in [2.05, 4.69) is 25.4 Å². The van der Waals surface area contributed by atoms with Crippen molar-refractivity contribution in [1.29, 1.82) is 0 Å². The Bertz CT molecular complexity index is 1510. The van der Waals surface area contributed by atoms with Crippen LogP contribution in [-0.4, -0.2) is 73.0 Å². The molecular weight excluding hydrogens is 536 g/mol. The van der Waals surface area contributed by atoms with E-state index in [1.807, 2.05) is 100 Å². The molecule has 1 saturated heterocycles. The van der Waals surface area contributed by atoms with Crippen molar-refractivity contribution in [1.82, 2.24) is 20.1 Å². The molecule has 214 valence electrons. The highest BCUT2D eigenvalue weighted by atomic mass is 35.5. The molecule has 3 amide bonds. The van der Waals surface area contributed by atoms with Gasteiger partial charge in [0.1, 0.15) is 6.04 Å². The lowest BCUT2D eigenvalue weighted by Crippen LogP contribution is -2.56. The molecule has 3 aromatic carbocycles. The van der Waals surface area contributed by atoms with E-state index in [0.29, 0.717) is 36.9 Å². The van der Waals surface area contributed by atoms with Crippen molar-refractivity contribution in [3.05, 3.63) is 95.1 Å². The van der Waals surface area contributed by atoms with E-state index in [1.54, 1.807) is 4.90 Å². The van der Waals surface area contributed by atoms with Crippen LogP contribution in [0.15, 0.2) is 79.0 Å². The minimum absolute atomic E-state index is 0.246. The summed E-state index contributed by atoms with van der Waals surface area (Å²) in [6, 6.07) is 22.5. The second kappa shape index (κ2) is 12.7. The molecule has 4 aromatic rings. The van der Waals surface area contributed by atoms with E-state index in [9.17, 15) is 9.59 Å². The van der Waals surface area contributed by atoms with Gasteiger partial charge in [-0.15, -0.1) is 0 Å². The van der Waals surface area contributed by atoms with Crippen LogP contribution < -0.4 is 15.5 Å². The molecule has 9 heteroatoms. The fourth-order valence-electron chi connectivity index (χ4n) is 5.47. The van der Waals surface area contributed by atoms with E-state index < -0.39 is 6.04 Å². The topological polar surface area (TPSA) is 83.7 Å². The van der Waals surface area contributed by atoms with Gasteiger partial charge in [0.05, 0.1) is 0 Å². The second-order valence-electron chi connectivity index (χ2n) is 10.9. The fraction of sp³-hybridized carbons (Fsp3) is 0.312. The van der Waals surface area contributed by atoms with Gasteiger partial charge in [0.15, 0.2) is 0 Å². The number of carbonyl (C=O) groups is 2. The Kier molecular flexibility index (Phi) is 8.81. The maximum absolute atomic E-state index is 13.8. The number of piperazine rings is 1. The monoisotopic (exact) mass is 572 g/mol. The number of para-hydroxylation sites is 1. The third-order valence-electron chi connectivity index (χ3n) is 7.61. The minimum atomic E-state index is -0.787. The molecule has 1 fully saturated rings. The molecule has 1 aromatic heterocycles. The van der Waals surface area contributed by atoms with E-state index in [1.165, 1.54) is 0 Å². The van der Waals surface area contributed by atoms with Crippen molar-refractivity contribution in [3.8, 4) is 0 Å². The molecule has 1 aliphatic heterocycles. The van der Waals surface area contributed by atoms with Crippen LogP contribution in [0, 0.1) is 0 Å². The quantitative estimate of drug-likeness (QED) is 0.259. The maximum atomic E-state index is 13.8. The number of rotatable bonds is 8. The molecule has 0 saturated carbocycles. The highest BCUT2D eigenvalue weighted by molar-refractivity contribution is 6.30. The molecule has 8 nitrogen and oxygen atoms in total. The summed E-state index contributed by atoms with van der Waals surface area (Å²) >= 11 is 6.18. The molecule has 0 spiro atoms. The van der Waals surface area contributed by atoms with Crippen LogP contribution >= 0.6 is 11.6 Å². The Morgan fingerprint density at radius 2 is 1.73 bits per heavy atom. The van der Waals surface area contributed by atoms with Crippen molar-refractivity contribution in [2.45, 2.75) is 25.4 Å². The zero-order chi connectivity index (χ0) is 28.9. The number of benzene rings is 3. The molecular formula is C32H37ClN6O2. The van der Waals surface area contributed by atoms with Crippen molar-refractivity contribution in [3.63, 3.8) is 0 Å². The summed E-state index contributed by atoms with van der Waals surface area (Å²) < 4.78 is 0. The highest BCUT2D eigenvalue weighted by Gasteiger charge is 2.32. The fourth-order valence-corrected chi connectivity index (χ4v) is 5.65. The van der Waals surface area contributed by atoms with Gasteiger partial charge < -0.3 is 30.3 Å². The summed E-state index contributed by atoms with van der Waals surface area (Å²) in [6.07, 6.45) is 1.93. The van der Waals surface area contributed by atoms with Gasteiger partial charge in [-0.2, -0.15) is 0 Å². The molecule has 2 heterocycles. The van der Waals surface area contributed by atoms with Crippen molar-refractivity contribution < 1.29 is 9.59 Å². The number of hydrogen-bond acceptors (Lipinski definition) is 4. The average Bonchev–Trinajstić information content (AvgIpc) is 3.39. The number of aromatic amines is 1. The van der Waals surface area contributed by atoms with Gasteiger partial charge in [-0.3, -0.25) is 4.79 Å². The predicted octanol–water partition coefficient (Wildman–Crippen LogP) is 5.53. The second-order valence-corrected chi connectivity index (χ2v) is 11.3. The molecule has 41 heavy (non-hydrogen) atoms. The summed E-state index contributed by atoms with van der Waals surface area (Å²) in [7, 11) is 4.02. The lowest BCUT2D eigenvalue weighted by molar-refractivity contribution is -0.118. The van der Waals surface area contributed by atoms with E-state index in [0.717, 1.165) is 34.3 Å². The molecule has 3 N–H and O–H groups in total. The summed E-state index contributed by atoms with van der Waals surface area (Å²) in [6.45, 7) is 5.19. The Hall–Kier alpha value is -4.01. The molecule has 5 rings (SSSR count). The third-order valence-corrected chi connectivity index (χ3v) is 7.84. The number of halogens is 1. The van der Waals surface area contributed by atoms with Crippen LogP contribution in [0.5, 0.6) is 0 Å². The van der Waals surface area contributed by atoms with Crippen LogP contribution in [0.25, 0.3) is 10.9 Å². The first-order valence-electron chi connectivity index (χ1n) is 13.9. The molecule has 1 aliphatic rings. The first-order valence-corrected chi connectivity index (χ1v) is 14.3. The Morgan fingerprint density at radius 3 is 2.49 bits per heavy atom. The van der Waals surface area contributed by atoms with Gasteiger partial charge in [0.25, 0.3) is 0 Å². The summed E-state index contributed by atoms with van der Waals surface area (Å²) in [5.74, 6) is -0.538. The van der Waals surface area contributed by atoms with Crippen molar-refractivity contribution in [2.24, 2.45) is 0 Å². The van der Waals surface area contributed by atoms with Crippen LogP contribution in [-0.2, 0) is 11.3 Å². The van der Waals surface area contributed by atoms with Crippen LogP contribution in [0.3, 0.4) is 0 Å². The van der Waals surface area contributed by atoms with Crippen LogP contribution in [0.4, 0.5) is 16.2 Å². The van der Waals surface area contributed by atoms with Gasteiger partial charge in [0.2, 0.25) is 5.91 Å². The zero-order valence-corrected chi connectivity index (χ0v) is 24.5. The normalized spacial score (nSPS) is 15.1. The predicted molar refractivity (Wildman–Crippen MR) is 167 cm³/mol. The van der Waals surface area contributed by atoms with Crippen LogP contribution in [0.2, 0.25) is 5.02 Å². The first-order chi connectivity index (χ1) is 19.8. The van der Waals surface area contributed by atoms with Crippen molar-refractivity contribution >= 4 is 45.8 Å². The molecule has 0 bridgehead atoms. The third kappa shape index (κ3) is 6.84. The van der Waals surface area contributed by atoms with E-state index in [-0.39, 0.29) is 17.9 Å². The standard InChI is InChI=1S/C32H37ClN6O2/c1-22(28-20-34-29-13-5-4-12-27(28)29)30(31(40)35-25-10-6-8-23(18-25)21-37(2)3)36-32(41)39-16-14-38(15-17-39)26-11-7-9-24(33)19-26/h4-13,18-20,22,30,34H,14-17,21H2,1-3H3,(H,35,40)(H,36,41)/t22-,30+/m0/s1. The maximum Gasteiger partial charge on any atom is 0.318 e. The van der Waals surface area contributed by atoms with Crippen molar-refractivity contribution in [2.75, 3.05) is 50.5 Å². The average molecular weight is 573 g/mol. The van der Waals surface area contributed by atoms with Gasteiger partial charge in [-0.1, -0.05) is 54.9 Å². The van der Waals surface area contributed by atoms with Gasteiger partial charge >= 0.3 is 6.03 Å². The number of carbonyl (C=O) groups excluding carboxylic acids is 2. The number of aromatic nitrogens is 1. The molecule has 0 unspecified atom stereocenters. The summed E-state index contributed by atoms with van der Waals surface area (Å²) in [5, 5.41) is 7.88. The van der Waals surface area contributed by atoms with Gasteiger partial charge in [0, 0.05) is 72.1 Å². The highest BCUT2D eigenvalue weighted by Crippen LogP contribution is 2.29. The number of amides is 3. The van der Waals surface area contributed by atoms with E-state index in [4.69, 9.17) is 11.6 Å². The lowest BCUT2D eigenvalue weighted by atomic mass is 9.92. The number of H-pyrrole nitrogens is 1. The SMILES string of the molecule is C[C@@H](c1c[nH]c2ccccc12)[C@@H](NC(=O)N1CCN(c2cccc(Cl)c2)CC1)C(=O)Nc1cccc(CN(C)C)c1. The number of nitrogens with one attached hydrogen (secondary N) is 3. The lowest BCUT2D eigenvalue weighted by Gasteiger charge is -2.37. The first kappa shape index (κ1) is 28.5. The number of anilines is 2. The zero-order valence-electron chi connectivity index (χ0n) is 23.7. The van der Waals surface area contributed by atoms with E-state index >= 15 is 0 Å². The van der Waals surface area contributed by atoms with Gasteiger partial charge in [-0.05, 0) is 61.6 Å². The molecule has 2 atom stereocenters. The largest absolute Gasteiger partial charge is 0.368 e. The Labute approximate surface area is 246 Å². The van der Waals surface area contributed by atoms with Crippen LogP contribution in [0.1, 0.15) is 24.0 Å². The summed E-state index contributed by atoms with van der Waals surface area (Å²) in [4.78, 5) is 36.8. The molecule has 0 radical (unpaired) electrons. The number of hydrogen-bond donors (Lipinski definition) is 3. The van der Waals surface area contributed by atoms with Gasteiger partial charge in [-0.25, -0.2) is 4.79 Å². The Morgan fingerprint density at radius 1 is 0.976 bits per heavy atom. The summed E-state index contributed by atoms with van der Waals surface area (Å²) in [5.41, 5.74) is 4.81. The number of fused-ring (bicyclic) bond motifs is 1. The minimum Gasteiger partial charge on any atom is -0.368 e. The Balaban J connectivity index is 1.33.